The number of pyridine rings is 1. The summed E-state index contributed by atoms with van der Waals surface area (Å²) in [7, 11) is 0. The number of hydrogen-bond donors (Lipinski definition) is 1. The number of aromatic nitrogens is 3. The summed E-state index contributed by atoms with van der Waals surface area (Å²) in [6, 6.07) is 11.3. The zero-order valence-corrected chi connectivity index (χ0v) is 20.1. The second-order valence-corrected chi connectivity index (χ2v) is 9.48. The number of piperidine rings is 1. The Hall–Kier alpha value is -2.48. The second kappa shape index (κ2) is 9.41. The summed E-state index contributed by atoms with van der Waals surface area (Å²) in [5.74, 6) is 0. The molecular weight excluding hydrogens is 412 g/mol. The van der Waals surface area contributed by atoms with E-state index in [-0.39, 0.29) is 5.60 Å². The molecule has 5 heterocycles. The van der Waals surface area contributed by atoms with E-state index in [1.807, 2.05) is 16.9 Å². The lowest BCUT2D eigenvalue weighted by Gasteiger charge is -2.43. The van der Waals surface area contributed by atoms with Crippen LogP contribution in [0.25, 0.3) is 16.9 Å². The molecule has 0 saturated carbocycles. The van der Waals surface area contributed by atoms with E-state index < -0.39 is 0 Å². The minimum atomic E-state index is -0.241. The Morgan fingerprint density at radius 2 is 1.85 bits per heavy atom. The number of hydrogen-bond acceptors (Lipinski definition) is 6. The van der Waals surface area contributed by atoms with Gasteiger partial charge in [-0.1, -0.05) is 6.07 Å². The minimum absolute atomic E-state index is 0.241. The van der Waals surface area contributed by atoms with Crippen molar-refractivity contribution in [2.45, 2.75) is 45.3 Å². The summed E-state index contributed by atoms with van der Waals surface area (Å²) in [5, 5.41) is 8.30. The standard InChI is InChI=1S/C26H36N6O/c1-4-33-26(9-14-30(15-10-26)20(2)3)21-7-8-22(28-19-21)23-18-25(31-16-11-27-12-17-31)24-6-5-13-32(24)29-23/h5-8,13,18-20,27H,4,9-12,14-17H2,1-3H3. The number of nitrogens with zero attached hydrogens (tertiary/aromatic N) is 5. The van der Waals surface area contributed by atoms with E-state index in [4.69, 9.17) is 14.8 Å². The SMILES string of the molecule is CCOC1(c2ccc(-c3cc(N4CCNCC4)c4cccn4n3)nc2)CCN(C(C)C)CC1. The molecule has 0 aromatic carbocycles. The number of piperazine rings is 1. The lowest BCUT2D eigenvalue weighted by atomic mass is 9.84. The summed E-state index contributed by atoms with van der Waals surface area (Å²) < 4.78 is 8.35. The van der Waals surface area contributed by atoms with Crippen molar-refractivity contribution in [3.63, 3.8) is 0 Å². The molecule has 0 unspecified atom stereocenters. The van der Waals surface area contributed by atoms with Crippen LogP contribution < -0.4 is 10.2 Å². The van der Waals surface area contributed by atoms with Gasteiger partial charge in [0.1, 0.15) is 5.69 Å². The Labute approximate surface area is 196 Å². The van der Waals surface area contributed by atoms with Crippen LogP contribution in [-0.2, 0) is 10.3 Å². The van der Waals surface area contributed by atoms with E-state index in [9.17, 15) is 0 Å². The average molecular weight is 449 g/mol. The number of likely N-dealkylation sites (tertiary alicyclic amines) is 1. The molecule has 2 saturated heterocycles. The van der Waals surface area contributed by atoms with Gasteiger partial charge in [-0.3, -0.25) is 4.98 Å². The summed E-state index contributed by atoms with van der Waals surface area (Å²) in [6.07, 6.45) is 6.04. The molecule has 2 fully saturated rings. The summed E-state index contributed by atoms with van der Waals surface area (Å²) in [6.45, 7) is 13.5. The molecule has 7 nitrogen and oxygen atoms in total. The first-order valence-electron chi connectivity index (χ1n) is 12.4. The van der Waals surface area contributed by atoms with Crippen LogP contribution in [0.15, 0.2) is 42.7 Å². The van der Waals surface area contributed by atoms with E-state index in [1.165, 1.54) is 11.3 Å². The highest BCUT2D eigenvalue weighted by atomic mass is 16.5. The minimum Gasteiger partial charge on any atom is -0.370 e. The Bertz CT molecular complexity index is 1060. The topological polar surface area (TPSA) is 57.9 Å². The number of anilines is 1. The molecule has 2 aliphatic heterocycles. The zero-order valence-electron chi connectivity index (χ0n) is 20.1. The molecule has 1 N–H and O–H groups in total. The molecule has 0 aliphatic carbocycles. The molecule has 5 rings (SSSR count). The highest BCUT2D eigenvalue weighted by Gasteiger charge is 2.37. The van der Waals surface area contributed by atoms with Gasteiger partial charge in [0, 0.05) is 69.9 Å². The predicted octanol–water partition coefficient (Wildman–Crippen LogP) is 3.54. The number of rotatable bonds is 6. The van der Waals surface area contributed by atoms with Crippen molar-refractivity contribution < 1.29 is 4.74 Å². The maximum Gasteiger partial charge on any atom is 0.112 e. The van der Waals surface area contributed by atoms with Gasteiger partial charge in [0.25, 0.3) is 0 Å². The van der Waals surface area contributed by atoms with E-state index >= 15 is 0 Å². The normalized spacial score (nSPS) is 19.5. The van der Waals surface area contributed by atoms with E-state index in [0.29, 0.717) is 12.6 Å². The summed E-state index contributed by atoms with van der Waals surface area (Å²) in [4.78, 5) is 9.86. The van der Waals surface area contributed by atoms with Crippen LogP contribution in [-0.4, -0.2) is 71.4 Å². The van der Waals surface area contributed by atoms with Crippen LogP contribution in [0, 0.1) is 0 Å². The van der Waals surface area contributed by atoms with Crippen molar-refractivity contribution in [1.82, 2.24) is 24.8 Å². The third kappa shape index (κ3) is 4.37. The van der Waals surface area contributed by atoms with E-state index in [2.05, 4.69) is 66.2 Å². The van der Waals surface area contributed by atoms with E-state index in [1.54, 1.807) is 0 Å². The molecule has 3 aromatic rings. The molecule has 0 bridgehead atoms. The lowest BCUT2D eigenvalue weighted by molar-refractivity contribution is -0.0888. The highest BCUT2D eigenvalue weighted by Crippen LogP contribution is 2.37. The Balaban J connectivity index is 1.44. The van der Waals surface area contributed by atoms with Gasteiger partial charge < -0.3 is 19.9 Å². The maximum atomic E-state index is 6.38. The van der Waals surface area contributed by atoms with Gasteiger partial charge in [0.05, 0.1) is 22.5 Å². The van der Waals surface area contributed by atoms with Gasteiger partial charge in [-0.15, -0.1) is 0 Å². The quantitative estimate of drug-likeness (QED) is 0.623. The van der Waals surface area contributed by atoms with Gasteiger partial charge in [-0.05, 0) is 57.9 Å². The zero-order chi connectivity index (χ0) is 22.8. The van der Waals surface area contributed by atoms with Gasteiger partial charge in [0.2, 0.25) is 0 Å². The van der Waals surface area contributed by atoms with Crippen LogP contribution in [0.1, 0.15) is 39.2 Å². The summed E-state index contributed by atoms with van der Waals surface area (Å²) in [5.41, 5.74) is 5.11. The smallest absolute Gasteiger partial charge is 0.112 e. The number of nitrogens with one attached hydrogen (secondary N) is 1. The largest absolute Gasteiger partial charge is 0.370 e. The third-order valence-electron chi connectivity index (χ3n) is 7.25. The van der Waals surface area contributed by atoms with Crippen molar-refractivity contribution in [3.05, 3.63) is 48.3 Å². The summed E-state index contributed by atoms with van der Waals surface area (Å²) >= 11 is 0. The first kappa shape index (κ1) is 22.3. The molecule has 0 atom stereocenters. The fourth-order valence-corrected chi connectivity index (χ4v) is 5.30. The first-order chi connectivity index (χ1) is 16.1. The molecule has 7 heteroatoms. The third-order valence-corrected chi connectivity index (χ3v) is 7.25. The Morgan fingerprint density at radius 1 is 1.06 bits per heavy atom. The van der Waals surface area contributed by atoms with Crippen LogP contribution in [0.5, 0.6) is 0 Å². The molecule has 2 aliphatic rings. The monoisotopic (exact) mass is 448 g/mol. The van der Waals surface area contributed by atoms with Crippen molar-refractivity contribution in [2.24, 2.45) is 0 Å². The average Bonchev–Trinajstić information content (AvgIpc) is 3.33. The lowest BCUT2D eigenvalue weighted by Crippen LogP contribution is -2.46. The van der Waals surface area contributed by atoms with Crippen molar-refractivity contribution in [3.8, 4) is 11.4 Å². The molecule has 0 spiro atoms. The maximum absolute atomic E-state index is 6.38. The molecule has 176 valence electrons. The Kier molecular flexibility index (Phi) is 6.36. The van der Waals surface area contributed by atoms with Crippen LogP contribution in [0.2, 0.25) is 0 Å². The van der Waals surface area contributed by atoms with Crippen LogP contribution in [0.3, 0.4) is 0 Å². The van der Waals surface area contributed by atoms with Gasteiger partial charge >= 0.3 is 0 Å². The fourth-order valence-electron chi connectivity index (χ4n) is 5.30. The van der Waals surface area contributed by atoms with Gasteiger partial charge in [0.15, 0.2) is 0 Å². The molecule has 0 amide bonds. The fraction of sp³-hybridized carbons (Fsp3) is 0.538. The van der Waals surface area contributed by atoms with Crippen LogP contribution >= 0.6 is 0 Å². The van der Waals surface area contributed by atoms with Crippen molar-refractivity contribution in [2.75, 3.05) is 50.8 Å². The van der Waals surface area contributed by atoms with Crippen molar-refractivity contribution >= 4 is 11.2 Å². The molecule has 33 heavy (non-hydrogen) atoms. The van der Waals surface area contributed by atoms with Crippen LogP contribution in [0.4, 0.5) is 5.69 Å². The molecule has 3 aromatic heterocycles. The first-order valence-corrected chi connectivity index (χ1v) is 12.4. The molecular formula is C26H36N6O. The molecule has 0 radical (unpaired) electrons. The highest BCUT2D eigenvalue weighted by molar-refractivity contribution is 5.77. The second-order valence-electron chi connectivity index (χ2n) is 9.48. The van der Waals surface area contributed by atoms with Gasteiger partial charge in [-0.2, -0.15) is 5.10 Å². The predicted molar refractivity (Wildman–Crippen MR) is 133 cm³/mol. The van der Waals surface area contributed by atoms with Crippen molar-refractivity contribution in [1.29, 1.82) is 0 Å². The van der Waals surface area contributed by atoms with E-state index in [0.717, 1.165) is 69.0 Å². The number of fused-ring (bicyclic) bond motifs is 1. The number of ether oxygens (including phenoxy) is 1. The Morgan fingerprint density at radius 3 is 2.52 bits per heavy atom. The van der Waals surface area contributed by atoms with Gasteiger partial charge in [-0.25, -0.2) is 4.52 Å².